The van der Waals surface area contributed by atoms with Gasteiger partial charge in [0.05, 0.1) is 5.92 Å². The van der Waals surface area contributed by atoms with Gasteiger partial charge in [-0.05, 0) is 40.4 Å². The highest BCUT2D eigenvalue weighted by Gasteiger charge is 2.29. The quantitative estimate of drug-likeness (QED) is 0.932. The molecule has 1 aliphatic heterocycles. The number of anilines is 1. The minimum atomic E-state index is -0.720. The molecule has 1 unspecified atom stereocenters. The van der Waals surface area contributed by atoms with Crippen LogP contribution >= 0.6 is 11.3 Å². The number of thiophene rings is 1. The van der Waals surface area contributed by atoms with Crippen molar-refractivity contribution in [2.75, 3.05) is 11.4 Å². The first-order chi connectivity index (χ1) is 9.25. The fourth-order valence-electron chi connectivity index (χ4n) is 2.65. The third kappa shape index (κ3) is 2.36. The van der Waals surface area contributed by atoms with Crippen molar-refractivity contribution in [3.63, 3.8) is 0 Å². The molecular weight excluding hydrogens is 258 g/mol. The van der Waals surface area contributed by atoms with Gasteiger partial charge in [-0.3, -0.25) is 4.79 Å². The number of para-hydroxylation sites is 1. The Morgan fingerprint density at radius 3 is 2.95 bits per heavy atom. The van der Waals surface area contributed by atoms with Crippen molar-refractivity contribution in [3.05, 3.63) is 52.2 Å². The summed E-state index contributed by atoms with van der Waals surface area (Å²) in [5.41, 5.74) is 3.29. The number of hydrogen-bond donors (Lipinski definition) is 1. The van der Waals surface area contributed by atoms with Crippen LogP contribution in [0, 0.1) is 0 Å². The van der Waals surface area contributed by atoms with Crippen LogP contribution in [0.4, 0.5) is 5.69 Å². The van der Waals surface area contributed by atoms with E-state index >= 15 is 0 Å². The summed E-state index contributed by atoms with van der Waals surface area (Å²) >= 11 is 1.69. The van der Waals surface area contributed by atoms with Crippen molar-refractivity contribution in [1.29, 1.82) is 0 Å². The number of fused-ring (bicyclic) bond motifs is 1. The minimum absolute atomic E-state index is 0.366. The zero-order valence-corrected chi connectivity index (χ0v) is 11.3. The Labute approximate surface area is 116 Å². The van der Waals surface area contributed by atoms with Crippen LogP contribution in [-0.4, -0.2) is 17.6 Å². The molecule has 0 spiro atoms. The smallest absolute Gasteiger partial charge is 0.311 e. The van der Waals surface area contributed by atoms with E-state index in [1.165, 1.54) is 5.56 Å². The maximum Gasteiger partial charge on any atom is 0.311 e. The van der Waals surface area contributed by atoms with Crippen LogP contribution in [0.5, 0.6) is 0 Å². The molecule has 2 aromatic rings. The van der Waals surface area contributed by atoms with Crippen LogP contribution in [0.2, 0.25) is 0 Å². The number of nitrogens with zero attached hydrogens (tertiary/aromatic N) is 1. The molecule has 0 amide bonds. The zero-order valence-electron chi connectivity index (χ0n) is 10.5. The average Bonchev–Trinajstić information content (AvgIpc) is 2.91. The summed E-state index contributed by atoms with van der Waals surface area (Å²) in [4.78, 5) is 13.6. The fraction of sp³-hybridized carbons (Fsp3) is 0.267. The predicted molar refractivity (Wildman–Crippen MR) is 76.8 cm³/mol. The van der Waals surface area contributed by atoms with E-state index in [1.807, 2.05) is 24.3 Å². The third-order valence-corrected chi connectivity index (χ3v) is 4.32. The second-order valence-corrected chi connectivity index (χ2v) is 5.57. The van der Waals surface area contributed by atoms with Crippen molar-refractivity contribution in [3.8, 4) is 0 Å². The highest BCUT2D eigenvalue weighted by atomic mass is 32.1. The van der Waals surface area contributed by atoms with E-state index in [4.69, 9.17) is 0 Å². The molecule has 0 saturated carbocycles. The lowest BCUT2D eigenvalue weighted by atomic mass is 9.90. The Hall–Kier alpha value is -1.81. The van der Waals surface area contributed by atoms with Gasteiger partial charge in [-0.15, -0.1) is 0 Å². The van der Waals surface area contributed by atoms with Crippen molar-refractivity contribution in [2.45, 2.75) is 18.9 Å². The molecule has 0 fully saturated rings. The summed E-state index contributed by atoms with van der Waals surface area (Å²) in [6.45, 7) is 1.65. The number of rotatable bonds is 3. The molecule has 2 heterocycles. The molecule has 1 aromatic carbocycles. The highest BCUT2D eigenvalue weighted by Crippen LogP contribution is 2.36. The molecule has 1 aromatic heterocycles. The largest absolute Gasteiger partial charge is 0.481 e. The topological polar surface area (TPSA) is 40.5 Å². The molecule has 0 bridgehead atoms. The normalized spacial score (nSPS) is 18.1. The second kappa shape index (κ2) is 5.05. The SMILES string of the molecule is O=C(O)C1CCN(Cc2ccsc2)c2ccccc21. The molecule has 1 atom stereocenters. The number of benzene rings is 1. The predicted octanol–water partition coefficient (Wildman–Crippen LogP) is 3.33. The lowest BCUT2D eigenvalue weighted by molar-refractivity contribution is -0.139. The maximum absolute atomic E-state index is 11.3. The van der Waals surface area contributed by atoms with Crippen LogP contribution in [0.15, 0.2) is 41.1 Å². The van der Waals surface area contributed by atoms with Gasteiger partial charge in [0.15, 0.2) is 0 Å². The molecular formula is C15H15NO2S. The number of hydrogen-bond acceptors (Lipinski definition) is 3. The van der Waals surface area contributed by atoms with Gasteiger partial charge in [-0.2, -0.15) is 11.3 Å². The van der Waals surface area contributed by atoms with Crippen molar-refractivity contribution in [2.24, 2.45) is 0 Å². The van der Waals surface area contributed by atoms with Crippen LogP contribution in [0.25, 0.3) is 0 Å². The molecule has 4 heteroatoms. The molecule has 0 saturated heterocycles. The molecule has 1 aliphatic rings. The molecule has 0 radical (unpaired) electrons. The van der Waals surface area contributed by atoms with E-state index in [9.17, 15) is 9.90 Å². The van der Waals surface area contributed by atoms with Gasteiger partial charge in [0, 0.05) is 18.8 Å². The number of carbonyl (C=O) groups is 1. The first-order valence-electron chi connectivity index (χ1n) is 6.33. The van der Waals surface area contributed by atoms with Crippen LogP contribution < -0.4 is 4.90 Å². The average molecular weight is 273 g/mol. The molecule has 0 aliphatic carbocycles. The van der Waals surface area contributed by atoms with E-state index < -0.39 is 5.97 Å². The van der Waals surface area contributed by atoms with E-state index in [0.29, 0.717) is 6.42 Å². The second-order valence-electron chi connectivity index (χ2n) is 4.79. The summed E-state index contributed by atoms with van der Waals surface area (Å²) in [6.07, 6.45) is 0.677. The number of carboxylic acid groups (broad SMARTS) is 1. The Bertz CT molecular complexity index is 580. The minimum Gasteiger partial charge on any atom is -0.481 e. The van der Waals surface area contributed by atoms with E-state index in [2.05, 4.69) is 21.7 Å². The van der Waals surface area contributed by atoms with Gasteiger partial charge in [-0.25, -0.2) is 0 Å². The Morgan fingerprint density at radius 1 is 1.37 bits per heavy atom. The van der Waals surface area contributed by atoms with Crippen molar-refractivity contribution in [1.82, 2.24) is 0 Å². The molecule has 1 N–H and O–H groups in total. The summed E-state index contributed by atoms with van der Waals surface area (Å²) < 4.78 is 0. The lowest BCUT2D eigenvalue weighted by Crippen LogP contribution is -2.32. The number of aliphatic carboxylic acids is 1. The maximum atomic E-state index is 11.3. The highest BCUT2D eigenvalue weighted by molar-refractivity contribution is 7.07. The number of carboxylic acids is 1. The van der Waals surface area contributed by atoms with Crippen LogP contribution in [-0.2, 0) is 11.3 Å². The molecule has 3 rings (SSSR count). The first-order valence-corrected chi connectivity index (χ1v) is 7.28. The van der Waals surface area contributed by atoms with Gasteiger partial charge >= 0.3 is 5.97 Å². The van der Waals surface area contributed by atoms with Crippen molar-refractivity contribution < 1.29 is 9.90 Å². The van der Waals surface area contributed by atoms with Gasteiger partial charge < -0.3 is 10.0 Å². The Kier molecular flexibility index (Phi) is 3.25. The van der Waals surface area contributed by atoms with Crippen LogP contribution in [0.3, 0.4) is 0 Å². The van der Waals surface area contributed by atoms with Gasteiger partial charge in [0.1, 0.15) is 0 Å². The Morgan fingerprint density at radius 2 is 2.21 bits per heavy atom. The molecule has 19 heavy (non-hydrogen) atoms. The van der Waals surface area contributed by atoms with Gasteiger partial charge in [0.25, 0.3) is 0 Å². The van der Waals surface area contributed by atoms with Gasteiger partial charge in [0.2, 0.25) is 0 Å². The third-order valence-electron chi connectivity index (χ3n) is 3.59. The zero-order chi connectivity index (χ0) is 13.2. The summed E-state index contributed by atoms with van der Waals surface area (Å²) in [5, 5.41) is 13.5. The fourth-order valence-corrected chi connectivity index (χ4v) is 3.31. The Balaban J connectivity index is 1.92. The van der Waals surface area contributed by atoms with E-state index in [-0.39, 0.29) is 5.92 Å². The summed E-state index contributed by atoms with van der Waals surface area (Å²) in [7, 11) is 0. The molecule has 3 nitrogen and oxygen atoms in total. The van der Waals surface area contributed by atoms with E-state index in [0.717, 1.165) is 24.3 Å². The summed E-state index contributed by atoms with van der Waals surface area (Å²) in [5.74, 6) is -1.09. The van der Waals surface area contributed by atoms with Gasteiger partial charge in [-0.1, -0.05) is 18.2 Å². The lowest BCUT2D eigenvalue weighted by Gasteiger charge is -2.34. The summed E-state index contributed by atoms with van der Waals surface area (Å²) in [6, 6.07) is 9.98. The van der Waals surface area contributed by atoms with Crippen LogP contribution in [0.1, 0.15) is 23.5 Å². The molecule has 98 valence electrons. The van der Waals surface area contributed by atoms with E-state index in [1.54, 1.807) is 11.3 Å². The standard InChI is InChI=1S/C15H15NO2S/c17-15(18)13-5-7-16(9-11-6-8-19-10-11)14-4-2-1-3-12(13)14/h1-4,6,8,10,13H,5,7,9H2,(H,17,18). The monoisotopic (exact) mass is 273 g/mol. The van der Waals surface area contributed by atoms with Crippen molar-refractivity contribution >= 4 is 23.0 Å². The first kappa shape index (κ1) is 12.2.